The molecule has 1 heterocycles. The van der Waals surface area contributed by atoms with Crippen molar-refractivity contribution in [2.75, 3.05) is 0 Å². The number of carboxylic acid groups (broad SMARTS) is 1. The van der Waals surface area contributed by atoms with Crippen LogP contribution in [0.4, 0.5) is 0 Å². The number of fused-ring (bicyclic) bond motifs is 2. The Kier molecular flexibility index (Phi) is 3.61. The van der Waals surface area contributed by atoms with Crippen LogP contribution in [0.3, 0.4) is 0 Å². The van der Waals surface area contributed by atoms with Crippen molar-refractivity contribution in [1.82, 2.24) is 0 Å². The molecule has 3 rings (SSSR count). The van der Waals surface area contributed by atoms with E-state index in [2.05, 4.69) is 0 Å². The summed E-state index contributed by atoms with van der Waals surface area (Å²) in [5.41, 5.74) is 2.76. The lowest BCUT2D eigenvalue weighted by atomic mass is 9.98. The van der Waals surface area contributed by atoms with E-state index in [0.717, 1.165) is 10.5 Å². The minimum atomic E-state index is -1.13. The Morgan fingerprint density at radius 2 is 1.90 bits per heavy atom. The average molecular weight is 314 g/mol. The van der Waals surface area contributed by atoms with Gasteiger partial charge in [0.05, 0.1) is 0 Å². The van der Waals surface area contributed by atoms with E-state index in [9.17, 15) is 9.59 Å². The number of rotatable bonds is 2. The molecule has 0 amide bonds. The fourth-order valence-corrected chi connectivity index (χ4v) is 3.48. The van der Waals surface area contributed by atoms with Gasteiger partial charge in [-0.25, -0.2) is 4.79 Å². The molecule has 0 saturated heterocycles. The molecule has 0 radical (unpaired) electrons. The second-order valence-electron chi connectivity index (χ2n) is 4.62. The van der Waals surface area contributed by atoms with Gasteiger partial charge in [0.15, 0.2) is 5.78 Å². The maximum absolute atomic E-state index is 12.6. The minimum absolute atomic E-state index is 0.0293. The van der Waals surface area contributed by atoms with E-state index < -0.39 is 5.97 Å². The molecule has 1 aliphatic rings. The smallest absolute Gasteiger partial charge is 0.347 e. The molecule has 2 aromatic rings. The maximum atomic E-state index is 12.6. The predicted octanol–water partition coefficient (Wildman–Crippen LogP) is 3.33. The molecule has 0 aliphatic carbocycles. The number of aliphatic carboxylic acids is 1. The first kappa shape index (κ1) is 14.0. The highest BCUT2D eigenvalue weighted by Gasteiger charge is 2.22. The van der Waals surface area contributed by atoms with Crippen molar-refractivity contribution < 1.29 is 14.7 Å². The van der Waals surface area contributed by atoms with Crippen molar-refractivity contribution in [2.45, 2.75) is 10.6 Å². The fourth-order valence-electron chi connectivity index (χ4n) is 2.26. The van der Waals surface area contributed by atoms with Gasteiger partial charge in [-0.15, -0.1) is 11.8 Å². The molecule has 2 aromatic carbocycles. The van der Waals surface area contributed by atoms with Gasteiger partial charge in [0.1, 0.15) is 4.86 Å². The highest BCUT2D eigenvalue weighted by Crippen LogP contribution is 2.34. The van der Waals surface area contributed by atoms with E-state index in [1.165, 1.54) is 11.8 Å². The van der Waals surface area contributed by atoms with Crippen LogP contribution in [0.25, 0.3) is 0 Å². The van der Waals surface area contributed by atoms with E-state index in [-0.39, 0.29) is 10.6 Å². The Balaban J connectivity index is 2.09. The standard InChI is InChI=1S/C16H10O3S2/c17-14-11-4-2-1-3-10(11)8-21-13-7-9(5-6-12(13)14)15(20)16(18)19/h1-7H,8H2,(H,18,19). The van der Waals surface area contributed by atoms with Gasteiger partial charge in [-0.3, -0.25) is 4.79 Å². The molecule has 0 aromatic heterocycles. The maximum Gasteiger partial charge on any atom is 0.347 e. The Bertz CT molecular complexity index is 781. The fraction of sp³-hybridized carbons (Fsp3) is 0.0625. The SMILES string of the molecule is O=C(O)C(=S)c1ccc2c(c1)SCc1ccccc1C2=O. The van der Waals surface area contributed by atoms with Crippen LogP contribution in [0, 0.1) is 0 Å². The van der Waals surface area contributed by atoms with Gasteiger partial charge in [-0.1, -0.05) is 42.5 Å². The van der Waals surface area contributed by atoms with Gasteiger partial charge in [0.25, 0.3) is 0 Å². The van der Waals surface area contributed by atoms with Crippen LogP contribution in [0.1, 0.15) is 27.0 Å². The topological polar surface area (TPSA) is 54.4 Å². The number of hydrogen-bond donors (Lipinski definition) is 1. The van der Waals surface area contributed by atoms with Gasteiger partial charge in [0, 0.05) is 27.3 Å². The van der Waals surface area contributed by atoms with Crippen molar-refractivity contribution in [1.29, 1.82) is 0 Å². The first-order valence-electron chi connectivity index (χ1n) is 6.25. The Hall–Kier alpha value is -1.98. The first-order valence-corrected chi connectivity index (χ1v) is 7.64. The summed E-state index contributed by atoms with van der Waals surface area (Å²) in [5, 5.41) is 8.97. The van der Waals surface area contributed by atoms with Crippen LogP contribution in [-0.4, -0.2) is 21.7 Å². The van der Waals surface area contributed by atoms with Crippen molar-refractivity contribution >= 4 is 40.6 Å². The molecule has 21 heavy (non-hydrogen) atoms. The zero-order valence-electron chi connectivity index (χ0n) is 10.8. The number of benzene rings is 2. The lowest BCUT2D eigenvalue weighted by Crippen LogP contribution is -2.12. The molecular weight excluding hydrogens is 304 g/mol. The van der Waals surface area contributed by atoms with Crippen molar-refractivity contribution in [3.63, 3.8) is 0 Å². The Morgan fingerprint density at radius 1 is 1.14 bits per heavy atom. The van der Waals surface area contributed by atoms with E-state index >= 15 is 0 Å². The first-order chi connectivity index (χ1) is 10.1. The third-order valence-corrected chi connectivity index (χ3v) is 4.84. The molecule has 5 heteroatoms. The minimum Gasteiger partial charge on any atom is -0.477 e. The summed E-state index contributed by atoms with van der Waals surface area (Å²) in [4.78, 5) is 24.2. The van der Waals surface area contributed by atoms with E-state index in [1.54, 1.807) is 18.2 Å². The third-order valence-electron chi connectivity index (χ3n) is 3.33. The highest BCUT2D eigenvalue weighted by molar-refractivity contribution is 7.98. The second-order valence-corrected chi connectivity index (χ2v) is 6.05. The Labute approximate surface area is 131 Å². The van der Waals surface area contributed by atoms with E-state index in [0.29, 0.717) is 22.4 Å². The quantitative estimate of drug-likeness (QED) is 0.681. The van der Waals surface area contributed by atoms with Crippen molar-refractivity contribution in [3.8, 4) is 0 Å². The summed E-state index contributed by atoms with van der Waals surface area (Å²) in [7, 11) is 0. The van der Waals surface area contributed by atoms with Crippen LogP contribution in [-0.2, 0) is 10.5 Å². The summed E-state index contributed by atoms with van der Waals surface area (Å²) in [6, 6.07) is 12.5. The van der Waals surface area contributed by atoms with E-state index in [1.807, 2.05) is 24.3 Å². The van der Waals surface area contributed by atoms with Crippen LogP contribution in [0.15, 0.2) is 47.4 Å². The number of carboxylic acids is 1. The third kappa shape index (κ3) is 2.50. The molecule has 104 valence electrons. The normalized spacial score (nSPS) is 13.0. The Morgan fingerprint density at radius 3 is 2.67 bits per heavy atom. The molecule has 1 N–H and O–H groups in total. The zero-order valence-corrected chi connectivity index (χ0v) is 12.5. The van der Waals surface area contributed by atoms with Crippen molar-refractivity contribution in [2.24, 2.45) is 0 Å². The van der Waals surface area contributed by atoms with Gasteiger partial charge in [-0.2, -0.15) is 0 Å². The van der Waals surface area contributed by atoms with Crippen LogP contribution in [0.5, 0.6) is 0 Å². The molecular formula is C16H10O3S2. The molecule has 0 spiro atoms. The summed E-state index contributed by atoms with van der Waals surface area (Å²) < 4.78 is 0. The van der Waals surface area contributed by atoms with Gasteiger partial charge >= 0.3 is 5.97 Å². The van der Waals surface area contributed by atoms with Gasteiger partial charge in [-0.05, 0) is 17.7 Å². The van der Waals surface area contributed by atoms with E-state index in [4.69, 9.17) is 17.3 Å². The lowest BCUT2D eigenvalue weighted by Gasteiger charge is -2.07. The van der Waals surface area contributed by atoms with Gasteiger partial charge < -0.3 is 5.11 Å². The number of carbonyl (C=O) groups is 2. The molecule has 0 unspecified atom stereocenters. The molecule has 0 saturated carbocycles. The van der Waals surface area contributed by atoms with Crippen molar-refractivity contribution in [3.05, 3.63) is 64.7 Å². The zero-order chi connectivity index (χ0) is 15.0. The number of thiocarbonyl (C=S) groups is 1. The lowest BCUT2D eigenvalue weighted by molar-refractivity contribution is -0.129. The predicted molar refractivity (Wildman–Crippen MR) is 85.2 cm³/mol. The average Bonchev–Trinajstić information content (AvgIpc) is 2.64. The number of ketones is 1. The number of hydrogen-bond acceptors (Lipinski definition) is 4. The molecule has 1 aliphatic heterocycles. The molecule has 0 atom stereocenters. The summed E-state index contributed by atoms with van der Waals surface area (Å²) >= 11 is 6.41. The molecule has 0 fully saturated rings. The summed E-state index contributed by atoms with van der Waals surface area (Å²) in [6.07, 6.45) is 0. The van der Waals surface area contributed by atoms with Crippen LogP contribution < -0.4 is 0 Å². The molecule has 0 bridgehead atoms. The number of carbonyl (C=O) groups excluding carboxylic acids is 1. The largest absolute Gasteiger partial charge is 0.477 e. The number of thioether (sulfide) groups is 1. The van der Waals surface area contributed by atoms with Crippen LogP contribution in [0.2, 0.25) is 0 Å². The summed E-state index contributed by atoms with van der Waals surface area (Å²) in [5.74, 6) is -0.477. The second kappa shape index (κ2) is 5.42. The highest BCUT2D eigenvalue weighted by atomic mass is 32.2. The monoisotopic (exact) mass is 314 g/mol. The molecule has 3 nitrogen and oxygen atoms in total. The van der Waals surface area contributed by atoms with Crippen LogP contribution >= 0.6 is 24.0 Å². The van der Waals surface area contributed by atoms with Gasteiger partial charge in [0.2, 0.25) is 0 Å². The summed E-state index contributed by atoms with van der Waals surface area (Å²) in [6.45, 7) is 0.